The first kappa shape index (κ1) is 15.5. The van der Waals surface area contributed by atoms with E-state index in [1.54, 1.807) is 13.0 Å². The van der Waals surface area contributed by atoms with Crippen LogP contribution in [0, 0.1) is 0 Å². The fourth-order valence-corrected chi connectivity index (χ4v) is 2.55. The molecule has 114 valence electrons. The molecule has 1 unspecified atom stereocenters. The molecule has 6 nitrogen and oxygen atoms in total. The maximum Gasteiger partial charge on any atom is 0.320 e. The van der Waals surface area contributed by atoms with Crippen LogP contribution in [0.1, 0.15) is 22.8 Å². The van der Waals surface area contributed by atoms with Crippen molar-refractivity contribution in [2.45, 2.75) is 19.5 Å². The van der Waals surface area contributed by atoms with Gasteiger partial charge in [0.05, 0.1) is 0 Å². The van der Waals surface area contributed by atoms with E-state index < -0.39 is 17.9 Å². The van der Waals surface area contributed by atoms with E-state index in [1.807, 2.05) is 23.1 Å². The molecule has 1 aliphatic rings. The van der Waals surface area contributed by atoms with Crippen LogP contribution in [0.15, 0.2) is 24.3 Å². The fourth-order valence-electron chi connectivity index (χ4n) is 2.55. The molecule has 2 rings (SSSR count). The van der Waals surface area contributed by atoms with E-state index in [1.165, 1.54) is 0 Å². The molecule has 1 fully saturated rings. The van der Waals surface area contributed by atoms with Crippen LogP contribution < -0.4 is 5.73 Å². The highest BCUT2D eigenvalue weighted by atomic mass is 16.4. The molecule has 1 atom stereocenters. The minimum absolute atomic E-state index is 0.419. The van der Waals surface area contributed by atoms with Crippen molar-refractivity contribution in [3.8, 4) is 0 Å². The van der Waals surface area contributed by atoms with Gasteiger partial charge >= 0.3 is 5.97 Å². The minimum Gasteiger partial charge on any atom is -0.480 e. The highest BCUT2D eigenvalue weighted by Crippen LogP contribution is 2.12. The summed E-state index contributed by atoms with van der Waals surface area (Å²) in [6.07, 6.45) is 0. The minimum atomic E-state index is -0.780. The number of aliphatic carboxylic acids is 1. The van der Waals surface area contributed by atoms with Crippen molar-refractivity contribution in [2.24, 2.45) is 5.73 Å². The van der Waals surface area contributed by atoms with Crippen molar-refractivity contribution >= 4 is 11.9 Å². The largest absolute Gasteiger partial charge is 0.480 e. The monoisotopic (exact) mass is 291 g/mol. The second kappa shape index (κ2) is 6.69. The van der Waals surface area contributed by atoms with Gasteiger partial charge in [-0.2, -0.15) is 0 Å². The molecule has 1 aliphatic heterocycles. The van der Waals surface area contributed by atoms with Gasteiger partial charge < -0.3 is 10.8 Å². The summed E-state index contributed by atoms with van der Waals surface area (Å²) in [5, 5.41) is 9.02. The Balaban J connectivity index is 1.90. The number of hydrogen-bond donors (Lipinski definition) is 2. The van der Waals surface area contributed by atoms with Gasteiger partial charge in [-0.15, -0.1) is 0 Å². The summed E-state index contributed by atoms with van der Waals surface area (Å²) in [6, 6.07) is 6.88. The lowest BCUT2D eigenvalue weighted by atomic mass is 10.1. The number of amides is 1. The number of carboxylic acids is 1. The van der Waals surface area contributed by atoms with Crippen LogP contribution in [0.4, 0.5) is 0 Å². The summed E-state index contributed by atoms with van der Waals surface area (Å²) in [6.45, 7) is 5.58. The summed E-state index contributed by atoms with van der Waals surface area (Å²) in [5.74, 6) is -1.20. The molecule has 0 radical (unpaired) electrons. The number of rotatable bonds is 5. The van der Waals surface area contributed by atoms with E-state index >= 15 is 0 Å². The highest BCUT2D eigenvalue weighted by Gasteiger charge is 2.25. The van der Waals surface area contributed by atoms with E-state index in [-0.39, 0.29) is 0 Å². The Kier molecular flexibility index (Phi) is 4.93. The number of carbonyl (C=O) groups excluding carboxylic acids is 1. The third kappa shape index (κ3) is 4.03. The Morgan fingerprint density at radius 3 is 2.52 bits per heavy atom. The first-order valence-corrected chi connectivity index (χ1v) is 7.05. The number of carboxylic acid groups (broad SMARTS) is 1. The Morgan fingerprint density at radius 2 is 1.95 bits per heavy atom. The van der Waals surface area contributed by atoms with Crippen molar-refractivity contribution in [1.29, 1.82) is 0 Å². The normalized spacial score (nSPS) is 18.3. The number of primary amides is 1. The van der Waals surface area contributed by atoms with Gasteiger partial charge in [0.1, 0.15) is 6.04 Å². The van der Waals surface area contributed by atoms with E-state index in [0.29, 0.717) is 5.56 Å². The van der Waals surface area contributed by atoms with E-state index in [0.717, 1.165) is 38.3 Å². The Bertz CT molecular complexity index is 525. The third-order valence-electron chi connectivity index (χ3n) is 3.93. The molecule has 1 aromatic rings. The highest BCUT2D eigenvalue weighted by molar-refractivity contribution is 5.92. The second-order valence-electron chi connectivity index (χ2n) is 5.39. The van der Waals surface area contributed by atoms with Crippen LogP contribution in [0.3, 0.4) is 0 Å². The number of piperazine rings is 1. The number of carbonyl (C=O) groups is 2. The third-order valence-corrected chi connectivity index (χ3v) is 3.93. The maximum absolute atomic E-state index is 11.2. The van der Waals surface area contributed by atoms with E-state index in [9.17, 15) is 9.59 Å². The molecule has 0 aromatic heterocycles. The van der Waals surface area contributed by atoms with Crippen molar-refractivity contribution in [1.82, 2.24) is 9.80 Å². The lowest BCUT2D eigenvalue weighted by molar-refractivity contribution is -0.143. The van der Waals surface area contributed by atoms with Gasteiger partial charge in [0.2, 0.25) is 5.91 Å². The SMILES string of the molecule is CC(C(=O)O)N1CCN(Cc2cccc(C(N)=O)c2)CC1. The molecule has 21 heavy (non-hydrogen) atoms. The lowest BCUT2D eigenvalue weighted by Crippen LogP contribution is -2.51. The van der Waals surface area contributed by atoms with Crippen molar-refractivity contribution < 1.29 is 14.7 Å². The van der Waals surface area contributed by atoms with Gasteiger partial charge in [0, 0.05) is 38.3 Å². The van der Waals surface area contributed by atoms with Crippen LogP contribution in [0.2, 0.25) is 0 Å². The number of hydrogen-bond acceptors (Lipinski definition) is 4. The zero-order valence-electron chi connectivity index (χ0n) is 12.2. The summed E-state index contributed by atoms with van der Waals surface area (Å²) in [4.78, 5) is 26.4. The molecule has 6 heteroatoms. The zero-order valence-corrected chi connectivity index (χ0v) is 12.2. The molecular formula is C15H21N3O3. The first-order chi connectivity index (χ1) is 9.97. The Hall–Kier alpha value is -1.92. The standard InChI is InChI=1S/C15H21N3O3/c1-11(15(20)21)18-7-5-17(6-8-18)10-12-3-2-4-13(9-12)14(16)19/h2-4,9,11H,5-8,10H2,1H3,(H2,16,19)(H,20,21). The van der Waals surface area contributed by atoms with Crippen molar-refractivity contribution in [3.63, 3.8) is 0 Å². The molecule has 1 saturated heterocycles. The predicted molar refractivity (Wildman–Crippen MR) is 78.9 cm³/mol. The molecule has 0 spiro atoms. The summed E-state index contributed by atoms with van der Waals surface area (Å²) in [5.41, 5.74) is 6.85. The Labute approximate surface area is 124 Å². The molecule has 0 bridgehead atoms. The molecule has 3 N–H and O–H groups in total. The van der Waals surface area contributed by atoms with Gasteiger partial charge in [-0.05, 0) is 24.6 Å². The smallest absolute Gasteiger partial charge is 0.320 e. The van der Waals surface area contributed by atoms with Crippen LogP contribution in [-0.4, -0.2) is 59.0 Å². The van der Waals surface area contributed by atoms with Crippen LogP contribution >= 0.6 is 0 Å². The first-order valence-electron chi connectivity index (χ1n) is 7.05. The van der Waals surface area contributed by atoms with Crippen LogP contribution in [0.25, 0.3) is 0 Å². The summed E-state index contributed by atoms with van der Waals surface area (Å²) in [7, 11) is 0. The Morgan fingerprint density at radius 1 is 1.29 bits per heavy atom. The van der Waals surface area contributed by atoms with Crippen molar-refractivity contribution in [3.05, 3.63) is 35.4 Å². The predicted octanol–water partition coefficient (Wildman–Crippen LogP) is 0.376. The molecular weight excluding hydrogens is 270 g/mol. The van der Waals surface area contributed by atoms with E-state index in [2.05, 4.69) is 4.90 Å². The topological polar surface area (TPSA) is 86.9 Å². The molecule has 1 heterocycles. The molecule has 0 saturated carbocycles. The average molecular weight is 291 g/mol. The van der Waals surface area contributed by atoms with E-state index in [4.69, 9.17) is 10.8 Å². The fraction of sp³-hybridized carbons (Fsp3) is 0.467. The van der Waals surface area contributed by atoms with Gasteiger partial charge in [-0.1, -0.05) is 12.1 Å². The van der Waals surface area contributed by atoms with Crippen LogP contribution in [-0.2, 0) is 11.3 Å². The summed E-state index contributed by atoms with van der Waals surface area (Å²) < 4.78 is 0. The maximum atomic E-state index is 11.2. The van der Waals surface area contributed by atoms with Crippen molar-refractivity contribution in [2.75, 3.05) is 26.2 Å². The molecule has 1 amide bonds. The molecule has 0 aliphatic carbocycles. The summed E-state index contributed by atoms with van der Waals surface area (Å²) >= 11 is 0. The zero-order chi connectivity index (χ0) is 15.4. The van der Waals surface area contributed by atoms with Gasteiger partial charge in [0.15, 0.2) is 0 Å². The van der Waals surface area contributed by atoms with Gasteiger partial charge in [-0.3, -0.25) is 19.4 Å². The number of nitrogens with two attached hydrogens (primary N) is 1. The second-order valence-corrected chi connectivity index (χ2v) is 5.39. The van der Waals surface area contributed by atoms with Gasteiger partial charge in [0.25, 0.3) is 0 Å². The lowest BCUT2D eigenvalue weighted by Gasteiger charge is -2.36. The van der Waals surface area contributed by atoms with Crippen LogP contribution in [0.5, 0.6) is 0 Å². The number of nitrogens with zero attached hydrogens (tertiary/aromatic N) is 2. The quantitative estimate of drug-likeness (QED) is 0.819. The van der Waals surface area contributed by atoms with Gasteiger partial charge in [-0.25, -0.2) is 0 Å². The number of benzene rings is 1. The molecule has 1 aromatic carbocycles. The average Bonchev–Trinajstić information content (AvgIpc) is 2.47.